The highest BCUT2D eigenvalue weighted by Gasteiger charge is 2.06. The largest absolute Gasteiger partial charge is 0.331 e. The second kappa shape index (κ2) is 6.53. The second-order valence-corrected chi connectivity index (χ2v) is 6.11. The van der Waals surface area contributed by atoms with Crippen LogP contribution in [-0.2, 0) is 10.0 Å². The van der Waals surface area contributed by atoms with Gasteiger partial charge >= 0.3 is 0 Å². The van der Waals surface area contributed by atoms with Crippen molar-refractivity contribution < 1.29 is 8.42 Å². The van der Waals surface area contributed by atoms with Crippen molar-refractivity contribution >= 4 is 38.7 Å². The van der Waals surface area contributed by atoms with Gasteiger partial charge in [-0.15, -0.1) is 0 Å². The van der Waals surface area contributed by atoms with E-state index in [1.54, 1.807) is 12.1 Å². The zero-order valence-electron chi connectivity index (χ0n) is 10.9. The van der Waals surface area contributed by atoms with Crippen LogP contribution in [0.2, 0.25) is 0 Å². The minimum atomic E-state index is -3.68. The summed E-state index contributed by atoms with van der Waals surface area (Å²) in [5.74, 6) is 0. The molecule has 0 aliphatic rings. The average Bonchev–Trinajstić information content (AvgIpc) is 2.46. The Labute approximate surface area is 128 Å². The van der Waals surface area contributed by atoms with E-state index < -0.39 is 10.0 Å². The fraction of sp³-hybridized carbons (Fsp3) is 0. The van der Waals surface area contributed by atoms with Gasteiger partial charge in [0.25, 0.3) is 0 Å². The molecule has 0 bridgehead atoms. The van der Waals surface area contributed by atoms with E-state index in [0.29, 0.717) is 10.8 Å². The number of hydrogen-bond acceptors (Lipinski definition) is 4. The third-order valence-corrected chi connectivity index (χ3v) is 3.67. The number of anilines is 2. The van der Waals surface area contributed by atoms with Gasteiger partial charge in [0.1, 0.15) is 0 Å². The van der Waals surface area contributed by atoms with Crippen LogP contribution < -0.4 is 21.3 Å². The number of nitrogens with two attached hydrogens (primary N) is 1. The van der Waals surface area contributed by atoms with Crippen molar-refractivity contribution in [3.05, 3.63) is 54.6 Å². The molecule has 6 nitrogen and oxygen atoms in total. The molecule has 0 saturated carbocycles. The van der Waals surface area contributed by atoms with Crippen molar-refractivity contribution in [1.82, 2.24) is 5.43 Å². The van der Waals surface area contributed by atoms with E-state index in [1.807, 2.05) is 30.3 Å². The Morgan fingerprint density at radius 2 is 1.57 bits per heavy atom. The Morgan fingerprint density at radius 3 is 2.14 bits per heavy atom. The number of primary sulfonamides is 1. The average molecular weight is 322 g/mol. The minimum Gasteiger partial charge on any atom is -0.331 e. The first-order valence-electron chi connectivity index (χ1n) is 5.96. The van der Waals surface area contributed by atoms with Crippen LogP contribution >= 0.6 is 12.2 Å². The molecule has 2 rings (SSSR count). The number of rotatable bonds is 4. The van der Waals surface area contributed by atoms with E-state index in [0.717, 1.165) is 5.69 Å². The third-order valence-electron chi connectivity index (χ3n) is 2.53. The maximum Gasteiger partial charge on any atom is 0.238 e. The fourth-order valence-electron chi connectivity index (χ4n) is 1.54. The van der Waals surface area contributed by atoms with Gasteiger partial charge in [0.15, 0.2) is 5.11 Å². The molecule has 0 fully saturated rings. The van der Waals surface area contributed by atoms with Gasteiger partial charge in [0.2, 0.25) is 10.0 Å². The third kappa shape index (κ3) is 4.71. The van der Waals surface area contributed by atoms with Crippen LogP contribution in [-0.4, -0.2) is 13.5 Å². The predicted octanol–water partition coefficient (Wildman–Crippen LogP) is 1.65. The smallest absolute Gasteiger partial charge is 0.238 e. The van der Waals surface area contributed by atoms with Crippen molar-refractivity contribution in [2.75, 3.05) is 10.7 Å². The van der Waals surface area contributed by atoms with Crippen molar-refractivity contribution in [3.8, 4) is 0 Å². The van der Waals surface area contributed by atoms with Crippen molar-refractivity contribution in [2.24, 2.45) is 5.14 Å². The number of hydrazine groups is 1. The highest BCUT2D eigenvalue weighted by molar-refractivity contribution is 7.89. The lowest BCUT2D eigenvalue weighted by Crippen LogP contribution is -2.33. The maximum absolute atomic E-state index is 11.1. The molecule has 0 radical (unpaired) electrons. The number of thiocarbonyl (C=S) groups is 1. The molecule has 0 aliphatic carbocycles. The Balaban J connectivity index is 1.90. The first-order valence-corrected chi connectivity index (χ1v) is 7.91. The Kier molecular flexibility index (Phi) is 4.73. The molecular weight excluding hydrogens is 308 g/mol. The first kappa shape index (κ1) is 15.2. The molecule has 0 unspecified atom stereocenters. The van der Waals surface area contributed by atoms with Crippen LogP contribution in [0.25, 0.3) is 0 Å². The van der Waals surface area contributed by atoms with Crippen LogP contribution in [0.3, 0.4) is 0 Å². The molecule has 5 N–H and O–H groups in total. The van der Waals surface area contributed by atoms with Gasteiger partial charge in [-0.3, -0.25) is 10.9 Å². The lowest BCUT2D eigenvalue weighted by atomic mass is 10.3. The molecule has 0 aromatic heterocycles. The molecule has 110 valence electrons. The zero-order valence-corrected chi connectivity index (χ0v) is 12.5. The molecule has 0 saturated heterocycles. The van der Waals surface area contributed by atoms with Crippen molar-refractivity contribution in [2.45, 2.75) is 4.90 Å². The molecule has 8 heteroatoms. The number of benzene rings is 2. The summed E-state index contributed by atoms with van der Waals surface area (Å²) in [6.07, 6.45) is 0. The molecule has 0 spiro atoms. The summed E-state index contributed by atoms with van der Waals surface area (Å²) in [6.45, 7) is 0. The van der Waals surface area contributed by atoms with Gasteiger partial charge in [-0.05, 0) is 48.6 Å². The van der Waals surface area contributed by atoms with E-state index in [2.05, 4.69) is 16.2 Å². The van der Waals surface area contributed by atoms with Gasteiger partial charge in [-0.1, -0.05) is 18.2 Å². The summed E-state index contributed by atoms with van der Waals surface area (Å²) < 4.78 is 22.2. The summed E-state index contributed by atoms with van der Waals surface area (Å²) >= 11 is 5.12. The Hall–Kier alpha value is -2.16. The predicted molar refractivity (Wildman–Crippen MR) is 87.2 cm³/mol. The summed E-state index contributed by atoms with van der Waals surface area (Å²) in [5, 5.41) is 8.40. The number of nitrogens with one attached hydrogen (secondary N) is 3. The van der Waals surface area contributed by atoms with Gasteiger partial charge in [0.05, 0.1) is 10.6 Å². The van der Waals surface area contributed by atoms with E-state index in [4.69, 9.17) is 17.4 Å². The molecule has 2 aromatic carbocycles. The minimum absolute atomic E-state index is 0.0537. The normalized spacial score (nSPS) is 10.7. The molecular formula is C13H14N4O2S2. The monoisotopic (exact) mass is 322 g/mol. The SMILES string of the molecule is NS(=O)(=O)c1ccc(NNC(=S)Nc2ccccc2)cc1. The molecule has 2 aromatic rings. The van der Waals surface area contributed by atoms with Crippen LogP contribution in [0.4, 0.5) is 11.4 Å². The highest BCUT2D eigenvalue weighted by atomic mass is 32.2. The standard InChI is InChI=1S/C13H14N4O2S2/c14-21(18,19)12-8-6-11(7-9-12)16-17-13(20)15-10-4-2-1-3-5-10/h1-9,16H,(H2,14,18,19)(H2,15,17,20). The lowest BCUT2D eigenvalue weighted by molar-refractivity contribution is 0.598. The van der Waals surface area contributed by atoms with Gasteiger partial charge in [-0.25, -0.2) is 13.6 Å². The van der Waals surface area contributed by atoms with E-state index in [9.17, 15) is 8.42 Å². The number of hydrogen-bond donors (Lipinski definition) is 4. The topological polar surface area (TPSA) is 96.2 Å². The summed E-state index contributed by atoms with van der Waals surface area (Å²) in [7, 11) is -3.68. The van der Waals surface area contributed by atoms with Crippen LogP contribution in [0, 0.1) is 0 Å². The van der Waals surface area contributed by atoms with Crippen LogP contribution in [0.15, 0.2) is 59.5 Å². The van der Waals surface area contributed by atoms with E-state index in [-0.39, 0.29) is 4.90 Å². The fourth-order valence-corrected chi connectivity index (χ4v) is 2.23. The molecule has 0 atom stereocenters. The maximum atomic E-state index is 11.1. The van der Waals surface area contributed by atoms with Gasteiger partial charge in [-0.2, -0.15) is 0 Å². The zero-order chi connectivity index (χ0) is 15.3. The lowest BCUT2D eigenvalue weighted by Gasteiger charge is -2.12. The van der Waals surface area contributed by atoms with Gasteiger partial charge < -0.3 is 5.32 Å². The van der Waals surface area contributed by atoms with E-state index >= 15 is 0 Å². The second-order valence-electron chi connectivity index (χ2n) is 4.14. The van der Waals surface area contributed by atoms with Crippen molar-refractivity contribution in [1.29, 1.82) is 0 Å². The number of sulfonamides is 1. The Bertz CT molecular complexity index is 716. The number of para-hydroxylation sites is 1. The quantitative estimate of drug-likeness (QED) is 0.505. The summed E-state index contributed by atoms with van der Waals surface area (Å²) in [6, 6.07) is 15.4. The molecule has 21 heavy (non-hydrogen) atoms. The molecule has 0 aliphatic heterocycles. The van der Waals surface area contributed by atoms with E-state index in [1.165, 1.54) is 12.1 Å². The summed E-state index contributed by atoms with van der Waals surface area (Å²) in [4.78, 5) is 0.0537. The summed E-state index contributed by atoms with van der Waals surface area (Å²) in [5.41, 5.74) is 7.16. The first-order chi connectivity index (χ1) is 9.95. The van der Waals surface area contributed by atoms with Gasteiger partial charge in [0, 0.05) is 5.69 Å². The molecule has 0 heterocycles. The van der Waals surface area contributed by atoms with Crippen LogP contribution in [0.1, 0.15) is 0 Å². The Morgan fingerprint density at radius 1 is 0.952 bits per heavy atom. The molecule has 0 amide bonds. The highest BCUT2D eigenvalue weighted by Crippen LogP contribution is 2.11. The van der Waals surface area contributed by atoms with Crippen LogP contribution in [0.5, 0.6) is 0 Å². The van der Waals surface area contributed by atoms with Crippen molar-refractivity contribution in [3.63, 3.8) is 0 Å².